The van der Waals surface area contributed by atoms with Gasteiger partial charge >= 0.3 is 0 Å². The second kappa shape index (κ2) is 14.2. The topological polar surface area (TPSA) is 67.9 Å². The fraction of sp³-hybridized carbons (Fsp3) is 0.375. The van der Waals surface area contributed by atoms with Crippen LogP contribution in [0.1, 0.15) is 50.3 Å². The molecular weight excluding hydrogens is 476 g/mol. The minimum absolute atomic E-state index is 0.173. The molecule has 0 saturated heterocycles. The average molecular weight is 517 g/mol. The molecule has 0 spiro atoms. The van der Waals surface area contributed by atoms with Crippen molar-refractivity contribution < 1.29 is 19.1 Å². The molecule has 3 rings (SSSR count). The van der Waals surface area contributed by atoms with E-state index in [9.17, 15) is 9.59 Å². The van der Waals surface area contributed by atoms with Crippen LogP contribution in [0.4, 0.5) is 0 Å². The first-order valence-electron chi connectivity index (χ1n) is 13.2. The Morgan fingerprint density at radius 2 is 1.53 bits per heavy atom. The van der Waals surface area contributed by atoms with E-state index >= 15 is 0 Å². The Morgan fingerprint density at radius 1 is 0.842 bits per heavy atom. The molecule has 6 heteroatoms. The maximum atomic E-state index is 13.7. The highest BCUT2D eigenvalue weighted by Gasteiger charge is 2.30. The van der Waals surface area contributed by atoms with E-state index < -0.39 is 6.04 Å². The molecule has 0 aliphatic carbocycles. The highest BCUT2D eigenvalue weighted by atomic mass is 16.5. The summed E-state index contributed by atoms with van der Waals surface area (Å²) in [7, 11) is 1.61. The van der Waals surface area contributed by atoms with E-state index in [1.165, 1.54) is 5.56 Å². The normalized spacial score (nSPS) is 11.8. The van der Waals surface area contributed by atoms with Crippen LogP contribution in [-0.4, -0.2) is 43.0 Å². The number of hydrogen-bond acceptors (Lipinski definition) is 4. The van der Waals surface area contributed by atoms with Gasteiger partial charge in [0.2, 0.25) is 5.91 Å². The van der Waals surface area contributed by atoms with Gasteiger partial charge in [0.1, 0.15) is 17.5 Å². The molecular formula is C32H40N2O4. The number of nitrogens with one attached hydrogen (secondary N) is 1. The van der Waals surface area contributed by atoms with Crippen molar-refractivity contribution in [1.29, 1.82) is 0 Å². The quantitative estimate of drug-likeness (QED) is 0.321. The van der Waals surface area contributed by atoms with E-state index in [4.69, 9.17) is 9.47 Å². The molecule has 0 bridgehead atoms. The zero-order valence-electron chi connectivity index (χ0n) is 23.1. The van der Waals surface area contributed by atoms with Crippen molar-refractivity contribution in [2.75, 3.05) is 20.3 Å². The molecule has 0 fully saturated rings. The van der Waals surface area contributed by atoms with E-state index in [0.717, 1.165) is 11.1 Å². The van der Waals surface area contributed by atoms with Crippen molar-refractivity contribution in [3.8, 4) is 11.5 Å². The van der Waals surface area contributed by atoms with Crippen molar-refractivity contribution in [3.63, 3.8) is 0 Å². The van der Waals surface area contributed by atoms with Crippen molar-refractivity contribution >= 4 is 11.8 Å². The fourth-order valence-electron chi connectivity index (χ4n) is 4.12. The first kappa shape index (κ1) is 28.8. The van der Waals surface area contributed by atoms with Crippen LogP contribution >= 0.6 is 0 Å². The third-order valence-corrected chi connectivity index (χ3v) is 6.35. The zero-order chi connectivity index (χ0) is 27.5. The van der Waals surface area contributed by atoms with Gasteiger partial charge in [-0.15, -0.1) is 0 Å². The maximum absolute atomic E-state index is 13.7. The summed E-state index contributed by atoms with van der Waals surface area (Å²) in [5.41, 5.74) is 3.05. The number of carbonyl (C=O) groups is 2. The van der Waals surface area contributed by atoms with E-state index in [2.05, 4.69) is 19.2 Å². The van der Waals surface area contributed by atoms with Crippen LogP contribution in [0.25, 0.3) is 0 Å². The third kappa shape index (κ3) is 8.65. The summed E-state index contributed by atoms with van der Waals surface area (Å²) in [6, 6.07) is 24.4. The Hall–Kier alpha value is -3.80. The van der Waals surface area contributed by atoms with Gasteiger partial charge < -0.3 is 19.7 Å². The minimum Gasteiger partial charge on any atom is -0.497 e. The SMILES string of the molecule is COc1cccc(CN(C(=O)COc2ccc(C(C)C)cc2)[C@@H](Cc2ccccc2)C(=O)NCC(C)C)c1. The van der Waals surface area contributed by atoms with Gasteiger partial charge in [-0.05, 0) is 52.8 Å². The summed E-state index contributed by atoms with van der Waals surface area (Å²) >= 11 is 0. The lowest BCUT2D eigenvalue weighted by Gasteiger charge is -2.31. The predicted octanol–water partition coefficient (Wildman–Crippen LogP) is 5.61. The molecule has 1 N–H and O–H groups in total. The Morgan fingerprint density at radius 3 is 2.16 bits per heavy atom. The molecule has 0 radical (unpaired) electrons. The van der Waals surface area contributed by atoms with Gasteiger partial charge in [-0.25, -0.2) is 0 Å². The van der Waals surface area contributed by atoms with E-state index in [0.29, 0.717) is 30.4 Å². The number of hydrogen-bond donors (Lipinski definition) is 1. The van der Waals surface area contributed by atoms with E-state index in [1.54, 1.807) is 12.0 Å². The smallest absolute Gasteiger partial charge is 0.261 e. The number of benzene rings is 3. The van der Waals surface area contributed by atoms with Crippen LogP contribution in [0.3, 0.4) is 0 Å². The van der Waals surface area contributed by atoms with Crippen LogP contribution in [0.2, 0.25) is 0 Å². The fourth-order valence-corrected chi connectivity index (χ4v) is 4.12. The lowest BCUT2D eigenvalue weighted by Crippen LogP contribution is -2.52. The molecule has 6 nitrogen and oxygen atoms in total. The van der Waals surface area contributed by atoms with Crippen LogP contribution < -0.4 is 14.8 Å². The van der Waals surface area contributed by atoms with Gasteiger partial charge in [-0.2, -0.15) is 0 Å². The standard InChI is InChI=1S/C32H40N2O4/c1-23(2)20-33-32(36)30(19-25-10-7-6-8-11-25)34(21-26-12-9-13-29(18-26)37-5)31(35)22-38-28-16-14-27(15-17-28)24(3)4/h6-18,23-24,30H,19-22H2,1-5H3,(H,33,36)/t30-/m0/s1. The number of carbonyl (C=O) groups excluding carboxylic acids is 2. The highest BCUT2D eigenvalue weighted by molar-refractivity contribution is 5.88. The van der Waals surface area contributed by atoms with Crippen LogP contribution in [-0.2, 0) is 22.6 Å². The minimum atomic E-state index is -0.707. The second-order valence-electron chi connectivity index (χ2n) is 10.2. The summed E-state index contributed by atoms with van der Waals surface area (Å²) in [4.78, 5) is 28.9. The van der Waals surface area contributed by atoms with Crippen LogP contribution in [0.15, 0.2) is 78.9 Å². The lowest BCUT2D eigenvalue weighted by atomic mass is 10.0. The van der Waals surface area contributed by atoms with Crippen LogP contribution in [0.5, 0.6) is 11.5 Å². The first-order chi connectivity index (χ1) is 18.3. The third-order valence-electron chi connectivity index (χ3n) is 6.35. The number of methoxy groups -OCH3 is 1. The average Bonchev–Trinajstić information content (AvgIpc) is 2.93. The lowest BCUT2D eigenvalue weighted by molar-refractivity contribution is -0.142. The molecule has 0 aromatic heterocycles. The van der Waals surface area contributed by atoms with Gasteiger partial charge in [-0.3, -0.25) is 9.59 Å². The molecule has 3 aromatic carbocycles. The molecule has 0 heterocycles. The Kier molecular flexibility index (Phi) is 10.8. The van der Waals surface area contributed by atoms with E-state index in [1.807, 2.05) is 92.7 Å². The Bertz CT molecular complexity index is 1160. The molecule has 0 saturated carbocycles. The summed E-state index contributed by atoms with van der Waals surface area (Å²) in [6.07, 6.45) is 0.392. The summed E-state index contributed by atoms with van der Waals surface area (Å²) < 4.78 is 11.3. The first-order valence-corrected chi connectivity index (χ1v) is 13.2. The highest BCUT2D eigenvalue weighted by Crippen LogP contribution is 2.21. The Labute approximate surface area is 227 Å². The van der Waals surface area contributed by atoms with Gasteiger partial charge in [0, 0.05) is 19.5 Å². The number of nitrogens with zero attached hydrogens (tertiary/aromatic N) is 1. The van der Waals surface area contributed by atoms with Gasteiger partial charge in [0.05, 0.1) is 7.11 Å². The van der Waals surface area contributed by atoms with Gasteiger partial charge in [0.25, 0.3) is 5.91 Å². The van der Waals surface area contributed by atoms with Crippen molar-refractivity contribution in [2.24, 2.45) is 5.92 Å². The van der Waals surface area contributed by atoms with Crippen molar-refractivity contribution in [1.82, 2.24) is 10.2 Å². The molecule has 0 aliphatic heterocycles. The van der Waals surface area contributed by atoms with Gasteiger partial charge in [-0.1, -0.05) is 82.3 Å². The maximum Gasteiger partial charge on any atom is 0.261 e. The number of amides is 2. The van der Waals surface area contributed by atoms with Crippen molar-refractivity contribution in [3.05, 3.63) is 95.6 Å². The molecule has 0 unspecified atom stereocenters. The van der Waals surface area contributed by atoms with Gasteiger partial charge in [0.15, 0.2) is 6.61 Å². The molecule has 1 atom stereocenters. The number of ether oxygens (including phenoxy) is 2. The molecule has 202 valence electrons. The van der Waals surface area contributed by atoms with Crippen LogP contribution in [0, 0.1) is 5.92 Å². The Balaban J connectivity index is 1.89. The monoisotopic (exact) mass is 516 g/mol. The molecule has 3 aromatic rings. The molecule has 0 aliphatic rings. The number of rotatable bonds is 13. The molecule has 38 heavy (non-hydrogen) atoms. The largest absolute Gasteiger partial charge is 0.497 e. The summed E-state index contributed by atoms with van der Waals surface area (Å²) in [6.45, 7) is 8.96. The van der Waals surface area contributed by atoms with Crippen molar-refractivity contribution in [2.45, 2.75) is 52.6 Å². The summed E-state index contributed by atoms with van der Waals surface area (Å²) in [5.74, 6) is 1.57. The second-order valence-corrected chi connectivity index (χ2v) is 10.2. The summed E-state index contributed by atoms with van der Waals surface area (Å²) in [5, 5.41) is 3.04. The molecule has 2 amide bonds. The predicted molar refractivity (Wildman–Crippen MR) is 151 cm³/mol. The van der Waals surface area contributed by atoms with E-state index in [-0.39, 0.29) is 30.9 Å². The zero-order valence-corrected chi connectivity index (χ0v) is 23.1.